The molecular formula is C29H41FO2. The standard InChI is InChI=1S/C29H41FO2/c1-32-22-27(21-31)20-26-13-17-29(18-14-26)28-15-11-25(12-16-28)10-9-24-7-5-23(6-8-24)4-2-3-19-30/h11-18,23-24,27,31H,2-10,19-22H2,1H3. The number of hydrogen-bond donors (Lipinski definition) is 1. The van der Waals surface area contributed by atoms with Crippen molar-refractivity contribution in [2.24, 2.45) is 17.8 Å². The Bertz CT molecular complexity index is 748. The number of aryl methyl sites for hydroxylation is 1. The first-order valence-electron chi connectivity index (χ1n) is 12.6. The maximum Gasteiger partial charge on any atom is 0.0894 e. The second-order valence-corrected chi connectivity index (χ2v) is 9.71. The van der Waals surface area contributed by atoms with Gasteiger partial charge in [-0.25, -0.2) is 0 Å². The van der Waals surface area contributed by atoms with Crippen molar-refractivity contribution in [1.82, 2.24) is 0 Å². The number of ether oxygens (including phenoxy) is 1. The van der Waals surface area contributed by atoms with Gasteiger partial charge < -0.3 is 9.84 Å². The molecule has 2 aromatic rings. The summed E-state index contributed by atoms with van der Waals surface area (Å²) in [6.07, 6.45) is 11.7. The van der Waals surface area contributed by atoms with Gasteiger partial charge in [0.1, 0.15) is 0 Å². The molecule has 32 heavy (non-hydrogen) atoms. The fourth-order valence-corrected chi connectivity index (χ4v) is 5.15. The van der Waals surface area contributed by atoms with Gasteiger partial charge in [0.2, 0.25) is 0 Å². The van der Waals surface area contributed by atoms with E-state index in [1.165, 1.54) is 67.2 Å². The number of methoxy groups -OCH3 is 1. The second kappa shape index (κ2) is 13.7. The highest BCUT2D eigenvalue weighted by molar-refractivity contribution is 5.64. The highest BCUT2D eigenvalue weighted by Gasteiger charge is 2.20. The molecule has 1 aliphatic carbocycles. The quantitative estimate of drug-likeness (QED) is 0.339. The number of rotatable bonds is 13. The normalized spacial score (nSPS) is 19.7. The van der Waals surface area contributed by atoms with E-state index in [0.717, 1.165) is 31.1 Å². The average Bonchev–Trinajstić information content (AvgIpc) is 2.84. The highest BCUT2D eigenvalue weighted by atomic mass is 19.1. The van der Waals surface area contributed by atoms with Crippen molar-refractivity contribution >= 4 is 0 Å². The number of aliphatic hydroxyl groups is 1. The van der Waals surface area contributed by atoms with Gasteiger partial charge in [-0.2, -0.15) is 0 Å². The van der Waals surface area contributed by atoms with E-state index in [2.05, 4.69) is 48.5 Å². The van der Waals surface area contributed by atoms with Gasteiger partial charge >= 0.3 is 0 Å². The van der Waals surface area contributed by atoms with E-state index in [1.807, 2.05) is 0 Å². The third kappa shape index (κ3) is 8.01. The van der Waals surface area contributed by atoms with Crippen LogP contribution in [0.2, 0.25) is 0 Å². The molecule has 1 atom stereocenters. The molecule has 1 fully saturated rings. The molecule has 0 saturated heterocycles. The smallest absolute Gasteiger partial charge is 0.0894 e. The summed E-state index contributed by atoms with van der Waals surface area (Å²) in [4.78, 5) is 0. The fraction of sp³-hybridized carbons (Fsp3) is 0.586. The lowest BCUT2D eigenvalue weighted by molar-refractivity contribution is 0.110. The topological polar surface area (TPSA) is 29.5 Å². The first-order valence-corrected chi connectivity index (χ1v) is 12.6. The van der Waals surface area contributed by atoms with Gasteiger partial charge in [0.05, 0.1) is 13.3 Å². The summed E-state index contributed by atoms with van der Waals surface area (Å²) in [5.74, 6) is 1.86. The molecule has 3 heteroatoms. The van der Waals surface area contributed by atoms with Crippen LogP contribution in [0.5, 0.6) is 0 Å². The number of alkyl halides is 1. The number of halogens is 1. The minimum atomic E-state index is -0.153. The first-order chi connectivity index (χ1) is 15.7. The molecule has 0 radical (unpaired) electrons. The van der Waals surface area contributed by atoms with Crippen LogP contribution in [-0.2, 0) is 17.6 Å². The van der Waals surface area contributed by atoms with Crippen molar-refractivity contribution < 1.29 is 14.2 Å². The van der Waals surface area contributed by atoms with Crippen LogP contribution in [0.3, 0.4) is 0 Å². The van der Waals surface area contributed by atoms with E-state index in [0.29, 0.717) is 6.61 Å². The van der Waals surface area contributed by atoms with Crippen LogP contribution >= 0.6 is 0 Å². The van der Waals surface area contributed by atoms with Gasteiger partial charge in [0.15, 0.2) is 0 Å². The summed E-state index contributed by atoms with van der Waals surface area (Å²) in [7, 11) is 1.68. The predicted octanol–water partition coefficient (Wildman–Crippen LogP) is 7.03. The Labute approximate surface area is 194 Å². The second-order valence-electron chi connectivity index (χ2n) is 9.71. The molecule has 2 aromatic carbocycles. The fourth-order valence-electron chi connectivity index (χ4n) is 5.15. The Hall–Kier alpha value is -1.71. The van der Waals surface area contributed by atoms with Crippen LogP contribution in [0.4, 0.5) is 4.39 Å². The van der Waals surface area contributed by atoms with Crippen LogP contribution in [0.1, 0.15) is 62.5 Å². The average molecular weight is 441 g/mol. The molecule has 1 unspecified atom stereocenters. The van der Waals surface area contributed by atoms with Crippen molar-refractivity contribution in [3.8, 4) is 11.1 Å². The third-order valence-electron chi connectivity index (χ3n) is 7.23. The molecule has 0 heterocycles. The minimum absolute atomic E-state index is 0.152. The van der Waals surface area contributed by atoms with Gasteiger partial charge in [0.25, 0.3) is 0 Å². The Kier molecular flexibility index (Phi) is 10.7. The maximum absolute atomic E-state index is 12.3. The van der Waals surface area contributed by atoms with E-state index in [-0.39, 0.29) is 19.2 Å². The van der Waals surface area contributed by atoms with Crippen LogP contribution in [0.15, 0.2) is 48.5 Å². The van der Waals surface area contributed by atoms with Crippen molar-refractivity contribution in [1.29, 1.82) is 0 Å². The van der Waals surface area contributed by atoms with Gasteiger partial charge in [-0.15, -0.1) is 0 Å². The highest BCUT2D eigenvalue weighted by Crippen LogP contribution is 2.34. The van der Waals surface area contributed by atoms with Crippen molar-refractivity contribution in [2.75, 3.05) is 27.0 Å². The molecule has 0 spiro atoms. The number of benzene rings is 2. The monoisotopic (exact) mass is 440 g/mol. The molecule has 1 aliphatic rings. The van der Waals surface area contributed by atoms with E-state index in [4.69, 9.17) is 4.74 Å². The molecule has 1 N–H and O–H groups in total. The molecule has 176 valence electrons. The summed E-state index contributed by atoms with van der Waals surface area (Å²) in [5, 5.41) is 9.46. The lowest BCUT2D eigenvalue weighted by atomic mass is 9.78. The summed E-state index contributed by atoms with van der Waals surface area (Å²) < 4.78 is 17.5. The summed E-state index contributed by atoms with van der Waals surface area (Å²) in [6.45, 7) is 0.583. The van der Waals surface area contributed by atoms with Crippen molar-refractivity contribution in [3.63, 3.8) is 0 Å². The minimum Gasteiger partial charge on any atom is -0.396 e. The molecule has 0 bridgehead atoms. The zero-order valence-corrected chi connectivity index (χ0v) is 19.8. The largest absolute Gasteiger partial charge is 0.396 e. The van der Waals surface area contributed by atoms with Gasteiger partial charge in [-0.3, -0.25) is 4.39 Å². The molecular weight excluding hydrogens is 399 g/mol. The van der Waals surface area contributed by atoms with Crippen LogP contribution < -0.4 is 0 Å². The van der Waals surface area contributed by atoms with Crippen LogP contribution in [0.25, 0.3) is 11.1 Å². The Morgan fingerprint density at radius 3 is 1.94 bits per heavy atom. The lowest BCUT2D eigenvalue weighted by Gasteiger charge is -2.28. The number of unbranched alkanes of at least 4 members (excludes halogenated alkanes) is 1. The Morgan fingerprint density at radius 1 is 0.844 bits per heavy atom. The van der Waals surface area contributed by atoms with Gasteiger partial charge in [-0.1, -0.05) is 87.1 Å². The van der Waals surface area contributed by atoms with Crippen LogP contribution in [-0.4, -0.2) is 32.1 Å². The Morgan fingerprint density at radius 2 is 1.41 bits per heavy atom. The molecule has 0 amide bonds. The molecule has 0 aliphatic heterocycles. The first kappa shape index (κ1) is 24.9. The van der Waals surface area contributed by atoms with Gasteiger partial charge in [-0.05, 0) is 59.8 Å². The summed E-state index contributed by atoms with van der Waals surface area (Å²) in [5.41, 5.74) is 5.16. The maximum atomic E-state index is 12.3. The molecule has 0 aromatic heterocycles. The summed E-state index contributed by atoms with van der Waals surface area (Å²) >= 11 is 0. The Balaban J connectivity index is 1.43. The predicted molar refractivity (Wildman–Crippen MR) is 132 cm³/mol. The zero-order valence-electron chi connectivity index (χ0n) is 19.8. The number of hydrogen-bond acceptors (Lipinski definition) is 2. The molecule has 1 saturated carbocycles. The molecule has 2 nitrogen and oxygen atoms in total. The zero-order chi connectivity index (χ0) is 22.6. The SMILES string of the molecule is COCC(CO)Cc1ccc(-c2ccc(CCC3CCC(CCCCF)CC3)cc2)cc1. The van der Waals surface area contributed by atoms with E-state index >= 15 is 0 Å². The van der Waals surface area contributed by atoms with E-state index in [9.17, 15) is 9.50 Å². The lowest BCUT2D eigenvalue weighted by Crippen LogP contribution is -2.15. The van der Waals surface area contributed by atoms with E-state index < -0.39 is 0 Å². The van der Waals surface area contributed by atoms with E-state index in [1.54, 1.807) is 7.11 Å². The van der Waals surface area contributed by atoms with Gasteiger partial charge in [0, 0.05) is 19.6 Å². The van der Waals surface area contributed by atoms with Crippen LogP contribution in [0, 0.1) is 17.8 Å². The third-order valence-corrected chi connectivity index (χ3v) is 7.23. The van der Waals surface area contributed by atoms with Crippen molar-refractivity contribution in [2.45, 2.75) is 64.2 Å². The summed E-state index contributed by atoms with van der Waals surface area (Å²) in [6, 6.07) is 17.7. The molecule has 3 rings (SSSR count). The number of aliphatic hydroxyl groups excluding tert-OH is 1. The van der Waals surface area contributed by atoms with Crippen molar-refractivity contribution in [3.05, 3.63) is 59.7 Å².